The summed E-state index contributed by atoms with van der Waals surface area (Å²) < 4.78 is 5.35. The van der Waals surface area contributed by atoms with Crippen LogP contribution in [0, 0.1) is 0 Å². The number of carbonyl (C=O) groups excluding carboxylic acids is 1. The number of halogens is 1. The van der Waals surface area contributed by atoms with Crippen LogP contribution in [0.5, 0.6) is 5.75 Å². The third-order valence-corrected chi connectivity index (χ3v) is 4.92. The largest absolute Gasteiger partial charge is 0.497 e. The second-order valence-electron chi connectivity index (χ2n) is 6.86. The zero-order chi connectivity index (χ0) is 16.7. The summed E-state index contributed by atoms with van der Waals surface area (Å²) in [7, 11) is 1.65. The van der Waals surface area contributed by atoms with Crippen molar-refractivity contribution in [3.05, 3.63) is 35.5 Å². The Morgan fingerprint density at radius 2 is 2.12 bits per heavy atom. The van der Waals surface area contributed by atoms with Crippen LogP contribution in [0.4, 0.5) is 0 Å². The van der Waals surface area contributed by atoms with Crippen LogP contribution in [0.1, 0.15) is 41.7 Å². The molecule has 1 N–H and O–H groups in total. The smallest absolute Gasteiger partial charge is 0.254 e. The average molecular weight is 362 g/mol. The highest BCUT2D eigenvalue weighted by molar-refractivity contribution is 6.06. The normalized spacial score (nSPS) is 20.2. The Labute approximate surface area is 154 Å². The van der Waals surface area contributed by atoms with Gasteiger partial charge in [-0.05, 0) is 44.0 Å². The lowest BCUT2D eigenvalue weighted by molar-refractivity contribution is 0.0711. The standard InChI is InChI=1S/C19H23N3O2.ClH/c1-12-11-22(8-7-20-12)19(23)16-10-18(13-3-4-13)21-17-6-5-14(24-2)9-15(16)17;/h5-6,9-10,12-13,20H,3-4,7-8,11H2,1-2H3;1H/t12-;/m1./s1. The number of aromatic nitrogens is 1. The monoisotopic (exact) mass is 361 g/mol. The quantitative estimate of drug-likeness (QED) is 0.913. The molecule has 1 aliphatic heterocycles. The minimum Gasteiger partial charge on any atom is -0.497 e. The molecule has 0 unspecified atom stereocenters. The Morgan fingerprint density at radius 3 is 2.80 bits per heavy atom. The highest BCUT2D eigenvalue weighted by atomic mass is 35.5. The van der Waals surface area contributed by atoms with Gasteiger partial charge in [0, 0.05) is 42.7 Å². The van der Waals surface area contributed by atoms with E-state index in [9.17, 15) is 4.79 Å². The first kappa shape index (κ1) is 18.0. The predicted octanol–water partition coefficient (Wildman–Crippen LogP) is 2.98. The number of fused-ring (bicyclic) bond motifs is 1. The van der Waals surface area contributed by atoms with Crippen LogP contribution in [0.2, 0.25) is 0 Å². The maximum absolute atomic E-state index is 13.2. The summed E-state index contributed by atoms with van der Waals surface area (Å²) in [5.74, 6) is 1.38. The van der Waals surface area contributed by atoms with Gasteiger partial charge in [0.05, 0.1) is 18.2 Å². The number of piperazine rings is 1. The van der Waals surface area contributed by atoms with Gasteiger partial charge in [-0.2, -0.15) is 0 Å². The van der Waals surface area contributed by atoms with E-state index in [0.29, 0.717) is 12.0 Å². The molecule has 5 nitrogen and oxygen atoms in total. The van der Waals surface area contributed by atoms with Crippen LogP contribution < -0.4 is 10.1 Å². The molecule has 0 spiro atoms. The van der Waals surface area contributed by atoms with E-state index in [4.69, 9.17) is 9.72 Å². The molecular weight excluding hydrogens is 338 g/mol. The second-order valence-corrected chi connectivity index (χ2v) is 6.86. The Morgan fingerprint density at radius 1 is 1.32 bits per heavy atom. The molecule has 0 radical (unpaired) electrons. The van der Waals surface area contributed by atoms with Crippen molar-refractivity contribution in [3.63, 3.8) is 0 Å². The number of hydrogen-bond donors (Lipinski definition) is 1. The first-order chi connectivity index (χ1) is 11.7. The van der Waals surface area contributed by atoms with Crippen molar-refractivity contribution in [2.75, 3.05) is 26.7 Å². The fourth-order valence-corrected chi connectivity index (χ4v) is 3.40. The Balaban J connectivity index is 0.00000182. The maximum Gasteiger partial charge on any atom is 0.254 e. The zero-order valence-corrected chi connectivity index (χ0v) is 15.4. The van der Waals surface area contributed by atoms with Gasteiger partial charge in [0.1, 0.15) is 5.75 Å². The van der Waals surface area contributed by atoms with Crippen LogP contribution in [0.3, 0.4) is 0 Å². The van der Waals surface area contributed by atoms with E-state index in [1.54, 1.807) is 7.11 Å². The topological polar surface area (TPSA) is 54.5 Å². The van der Waals surface area contributed by atoms with E-state index in [2.05, 4.69) is 12.2 Å². The molecule has 1 atom stereocenters. The highest BCUT2D eigenvalue weighted by Crippen LogP contribution is 2.40. The van der Waals surface area contributed by atoms with Gasteiger partial charge in [0.25, 0.3) is 5.91 Å². The lowest BCUT2D eigenvalue weighted by Crippen LogP contribution is -2.51. The number of ether oxygens (including phenoxy) is 1. The van der Waals surface area contributed by atoms with Gasteiger partial charge in [0.2, 0.25) is 0 Å². The summed E-state index contributed by atoms with van der Waals surface area (Å²) in [6, 6.07) is 8.13. The molecule has 4 rings (SSSR count). The predicted molar refractivity (Wildman–Crippen MR) is 101 cm³/mol. The van der Waals surface area contributed by atoms with E-state index in [-0.39, 0.29) is 18.3 Å². The lowest BCUT2D eigenvalue weighted by Gasteiger charge is -2.32. The van der Waals surface area contributed by atoms with E-state index >= 15 is 0 Å². The molecule has 1 aromatic carbocycles. The molecule has 0 bridgehead atoms. The van der Waals surface area contributed by atoms with Gasteiger partial charge in [0.15, 0.2) is 0 Å². The van der Waals surface area contributed by atoms with Crippen LogP contribution in [0.15, 0.2) is 24.3 Å². The summed E-state index contributed by atoms with van der Waals surface area (Å²) in [6.07, 6.45) is 2.35. The molecule has 2 heterocycles. The van der Waals surface area contributed by atoms with E-state index in [1.807, 2.05) is 29.2 Å². The summed E-state index contributed by atoms with van der Waals surface area (Å²) >= 11 is 0. The fraction of sp³-hybridized carbons (Fsp3) is 0.474. The van der Waals surface area contributed by atoms with E-state index in [0.717, 1.165) is 47.5 Å². The van der Waals surface area contributed by atoms with Crippen LogP contribution in [-0.4, -0.2) is 48.6 Å². The van der Waals surface area contributed by atoms with Gasteiger partial charge < -0.3 is 15.0 Å². The van der Waals surface area contributed by atoms with Crippen molar-refractivity contribution in [3.8, 4) is 5.75 Å². The third kappa shape index (κ3) is 3.58. The van der Waals surface area contributed by atoms with Crippen LogP contribution in [0.25, 0.3) is 10.9 Å². The second kappa shape index (κ2) is 7.18. The molecule has 1 amide bonds. The number of nitrogens with zero attached hydrogens (tertiary/aromatic N) is 2. The van der Waals surface area contributed by atoms with E-state index in [1.165, 1.54) is 12.8 Å². The molecule has 134 valence electrons. The molecular formula is C19H24ClN3O2. The fourth-order valence-electron chi connectivity index (χ4n) is 3.40. The third-order valence-electron chi connectivity index (χ3n) is 4.92. The number of amides is 1. The number of nitrogens with one attached hydrogen (secondary N) is 1. The molecule has 1 aliphatic carbocycles. The van der Waals surface area contributed by atoms with Crippen molar-refractivity contribution in [1.29, 1.82) is 0 Å². The van der Waals surface area contributed by atoms with Crippen LogP contribution >= 0.6 is 12.4 Å². The van der Waals surface area contributed by atoms with Gasteiger partial charge in [-0.25, -0.2) is 0 Å². The summed E-state index contributed by atoms with van der Waals surface area (Å²) in [5, 5.41) is 4.27. The minimum absolute atomic E-state index is 0. The Kier molecular flexibility index (Phi) is 5.16. The number of methoxy groups -OCH3 is 1. The number of benzene rings is 1. The molecule has 2 aliphatic rings. The first-order valence-electron chi connectivity index (χ1n) is 8.67. The average Bonchev–Trinajstić information content (AvgIpc) is 3.45. The van der Waals surface area contributed by atoms with Crippen LogP contribution in [-0.2, 0) is 0 Å². The number of pyridine rings is 1. The Hall–Kier alpha value is -1.85. The Bertz CT molecular complexity index is 792. The van der Waals surface area contributed by atoms with Gasteiger partial charge in [-0.1, -0.05) is 0 Å². The summed E-state index contributed by atoms with van der Waals surface area (Å²) in [5.41, 5.74) is 2.70. The van der Waals surface area contributed by atoms with Gasteiger partial charge in [-0.3, -0.25) is 9.78 Å². The SMILES string of the molecule is COc1ccc2nc(C3CC3)cc(C(=O)N3CCN[C@H](C)C3)c2c1.Cl. The molecule has 1 saturated heterocycles. The lowest BCUT2D eigenvalue weighted by atomic mass is 10.0. The van der Waals surface area contributed by atoms with E-state index < -0.39 is 0 Å². The first-order valence-corrected chi connectivity index (χ1v) is 8.67. The molecule has 6 heteroatoms. The van der Waals surface area contributed by atoms with Gasteiger partial charge >= 0.3 is 0 Å². The maximum atomic E-state index is 13.2. The van der Waals surface area contributed by atoms with Gasteiger partial charge in [-0.15, -0.1) is 12.4 Å². The molecule has 25 heavy (non-hydrogen) atoms. The van der Waals surface area contributed by atoms with Crippen molar-refractivity contribution < 1.29 is 9.53 Å². The van der Waals surface area contributed by atoms with Crippen molar-refractivity contribution in [2.24, 2.45) is 0 Å². The summed E-state index contributed by atoms with van der Waals surface area (Å²) in [4.78, 5) is 19.9. The molecule has 1 saturated carbocycles. The zero-order valence-electron chi connectivity index (χ0n) is 14.6. The molecule has 1 aromatic heterocycles. The summed E-state index contributed by atoms with van der Waals surface area (Å²) in [6.45, 7) is 4.44. The van der Waals surface area contributed by atoms with Crippen molar-refractivity contribution in [2.45, 2.75) is 31.7 Å². The molecule has 2 fully saturated rings. The minimum atomic E-state index is 0. The molecule has 2 aromatic rings. The number of hydrogen-bond acceptors (Lipinski definition) is 4. The van der Waals surface area contributed by atoms with Crippen molar-refractivity contribution >= 4 is 29.2 Å². The highest BCUT2D eigenvalue weighted by Gasteiger charge is 2.29. The number of rotatable bonds is 3. The van der Waals surface area contributed by atoms with Crippen molar-refractivity contribution in [1.82, 2.24) is 15.2 Å². The number of carbonyl (C=O) groups is 1.